The molecule has 17 heavy (non-hydrogen) atoms. The van der Waals surface area contributed by atoms with Crippen molar-refractivity contribution in [1.82, 2.24) is 4.90 Å². The van der Waals surface area contributed by atoms with E-state index in [1.165, 1.54) is 18.2 Å². The molecule has 2 heterocycles. The molecule has 2 aliphatic heterocycles. The molecule has 3 rings (SSSR count). The van der Waals surface area contributed by atoms with Gasteiger partial charge >= 0.3 is 0 Å². The van der Waals surface area contributed by atoms with Crippen LogP contribution in [0.25, 0.3) is 0 Å². The van der Waals surface area contributed by atoms with Crippen LogP contribution in [0.4, 0.5) is 5.69 Å². The number of benzene rings is 1. The second-order valence-corrected chi connectivity index (χ2v) is 4.15. The van der Waals surface area contributed by atoms with E-state index in [2.05, 4.69) is 0 Å². The normalized spacial score (nSPS) is 21.8. The second-order valence-electron chi connectivity index (χ2n) is 4.15. The van der Waals surface area contributed by atoms with E-state index in [4.69, 9.17) is 4.74 Å². The van der Waals surface area contributed by atoms with Crippen molar-refractivity contribution in [3.05, 3.63) is 33.9 Å². The first kappa shape index (κ1) is 10.1. The van der Waals surface area contributed by atoms with Crippen LogP contribution >= 0.6 is 0 Å². The van der Waals surface area contributed by atoms with Gasteiger partial charge in [0.25, 0.3) is 11.6 Å². The lowest BCUT2D eigenvalue weighted by Crippen LogP contribution is -2.42. The molecule has 2 aliphatic rings. The maximum atomic E-state index is 12.1. The van der Waals surface area contributed by atoms with Crippen molar-refractivity contribution >= 4 is 11.6 Å². The standard InChI is InChI=1S/C11H10N2O4/c14-11-8-4-3-7(13(15)16)6-9(8)17-10-2-1-5-12(10)11/h3-4,6,10H,1-2,5H2. The van der Waals surface area contributed by atoms with Gasteiger partial charge in [0.1, 0.15) is 5.75 Å². The number of rotatable bonds is 1. The van der Waals surface area contributed by atoms with E-state index >= 15 is 0 Å². The third kappa shape index (κ3) is 1.44. The fourth-order valence-corrected chi connectivity index (χ4v) is 2.29. The second kappa shape index (κ2) is 3.44. The Kier molecular flexibility index (Phi) is 2.04. The largest absolute Gasteiger partial charge is 0.469 e. The van der Waals surface area contributed by atoms with Crippen LogP contribution in [0.1, 0.15) is 23.2 Å². The first-order valence-corrected chi connectivity index (χ1v) is 5.43. The number of nitrogens with zero attached hydrogens (tertiary/aromatic N) is 2. The zero-order valence-corrected chi connectivity index (χ0v) is 8.96. The molecular weight excluding hydrogens is 224 g/mol. The zero-order chi connectivity index (χ0) is 12.0. The lowest BCUT2D eigenvalue weighted by atomic mass is 10.1. The maximum absolute atomic E-state index is 12.1. The van der Waals surface area contributed by atoms with Crippen molar-refractivity contribution in [2.24, 2.45) is 0 Å². The van der Waals surface area contributed by atoms with Gasteiger partial charge in [-0.05, 0) is 12.5 Å². The van der Waals surface area contributed by atoms with Crippen LogP contribution in [0.5, 0.6) is 5.75 Å². The molecule has 1 fully saturated rings. The van der Waals surface area contributed by atoms with Gasteiger partial charge in [0, 0.05) is 19.0 Å². The van der Waals surface area contributed by atoms with Gasteiger partial charge in [0.2, 0.25) is 0 Å². The molecule has 1 atom stereocenters. The fourth-order valence-electron chi connectivity index (χ4n) is 2.29. The van der Waals surface area contributed by atoms with Crippen LogP contribution < -0.4 is 4.74 Å². The summed E-state index contributed by atoms with van der Waals surface area (Å²) in [6, 6.07) is 4.11. The number of carbonyl (C=O) groups is 1. The average Bonchev–Trinajstić information content (AvgIpc) is 2.77. The highest BCUT2D eigenvalue weighted by Gasteiger charge is 2.37. The quantitative estimate of drug-likeness (QED) is 0.545. The van der Waals surface area contributed by atoms with Crippen molar-refractivity contribution in [3.63, 3.8) is 0 Å². The summed E-state index contributed by atoms with van der Waals surface area (Å²) in [5.74, 6) is 0.232. The SMILES string of the molecule is O=C1c2ccc([N+](=O)[O-])cc2OC2CCCN12. The predicted octanol–water partition coefficient (Wildman–Crippen LogP) is 1.55. The van der Waals surface area contributed by atoms with Gasteiger partial charge in [-0.3, -0.25) is 14.9 Å². The molecule has 1 amide bonds. The minimum Gasteiger partial charge on any atom is -0.469 e. The Morgan fingerprint density at radius 1 is 1.47 bits per heavy atom. The Hall–Kier alpha value is -2.11. The molecule has 88 valence electrons. The first-order chi connectivity index (χ1) is 8.16. The minimum absolute atomic E-state index is 0.0528. The highest BCUT2D eigenvalue weighted by atomic mass is 16.6. The first-order valence-electron chi connectivity index (χ1n) is 5.43. The fraction of sp³-hybridized carbons (Fsp3) is 0.364. The molecule has 1 saturated heterocycles. The van der Waals surface area contributed by atoms with E-state index in [-0.39, 0.29) is 17.8 Å². The number of carbonyl (C=O) groups excluding carboxylic acids is 1. The molecule has 0 spiro atoms. The van der Waals surface area contributed by atoms with Gasteiger partial charge in [-0.1, -0.05) is 0 Å². The molecule has 0 aliphatic carbocycles. The van der Waals surface area contributed by atoms with E-state index < -0.39 is 4.92 Å². The molecular formula is C11H10N2O4. The molecule has 0 aromatic heterocycles. The number of nitro benzene ring substituents is 1. The number of hydrogen-bond acceptors (Lipinski definition) is 4. The summed E-state index contributed by atoms with van der Waals surface area (Å²) in [5.41, 5.74) is 0.358. The van der Waals surface area contributed by atoms with E-state index in [9.17, 15) is 14.9 Å². The van der Waals surface area contributed by atoms with Crippen LogP contribution in [-0.4, -0.2) is 28.5 Å². The van der Waals surface area contributed by atoms with Crippen molar-refractivity contribution < 1.29 is 14.5 Å². The molecule has 6 heteroatoms. The van der Waals surface area contributed by atoms with Gasteiger partial charge < -0.3 is 9.64 Å². The Morgan fingerprint density at radius 3 is 3.06 bits per heavy atom. The number of ether oxygens (including phenoxy) is 1. The summed E-state index contributed by atoms with van der Waals surface area (Å²) in [5, 5.41) is 10.7. The molecule has 1 aromatic rings. The lowest BCUT2D eigenvalue weighted by molar-refractivity contribution is -0.385. The van der Waals surface area contributed by atoms with Gasteiger partial charge in [-0.15, -0.1) is 0 Å². The van der Waals surface area contributed by atoms with Crippen molar-refractivity contribution in [2.45, 2.75) is 19.1 Å². The number of nitro groups is 1. The van der Waals surface area contributed by atoms with E-state index in [0.29, 0.717) is 17.9 Å². The molecule has 0 N–H and O–H groups in total. The summed E-state index contributed by atoms with van der Waals surface area (Å²) in [7, 11) is 0. The Bertz CT molecular complexity index is 514. The van der Waals surface area contributed by atoms with Gasteiger partial charge in [-0.2, -0.15) is 0 Å². The third-order valence-electron chi connectivity index (χ3n) is 3.13. The zero-order valence-electron chi connectivity index (χ0n) is 8.96. The van der Waals surface area contributed by atoms with Crippen LogP contribution in [0.3, 0.4) is 0 Å². The topological polar surface area (TPSA) is 72.7 Å². The van der Waals surface area contributed by atoms with Gasteiger partial charge in [0.05, 0.1) is 16.6 Å². The third-order valence-corrected chi connectivity index (χ3v) is 3.13. The van der Waals surface area contributed by atoms with Crippen LogP contribution in [0, 0.1) is 10.1 Å². The van der Waals surface area contributed by atoms with E-state index in [1.54, 1.807) is 4.90 Å². The monoisotopic (exact) mass is 234 g/mol. The van der Waals surface area contributed by atoms with Crippen molar-refractivity contribution in [1.29, 1.82) is 0 Å². The minimum atomic E-state index is -0.491. The molecule has 1 unspecified atom stereocenters. The van der Waals surface area contributed by atoms with Gasteiger partial charge in [0.15, 0.2) is 6.23 Å². The number of non-ortho nitro benzene ring substituents is 1. The Morgan fingerprint density at radius 2 is 2.29 bits per heavy atom. The number of amides is 1. The van der Waals surface area contributed by atoms with Crippen LogP contribution in [-0.2, 0) is 0 Å². The predicted molar refractivity (Wildman–Crippen MR) is 57.8 cm³/mol. The van der Waals surface area contributed by atoms with Gasteiger partial charge in [-0.25, -0.2) is 0 Å². The average molecular weight is 234 g/mol. The smallest absolute Gasteiger partial charge is 0.273 e. The maximum Gasteiger partial charge on any atom is 0.273 e. The van der Waals surface area contributed by atoms with E-state index in [1.807, 2.05) is 0 Å². The van der Waals surface area contributed by atoms with E-state index in [0.717, 1.165) is 12.8 Å². The summed E-state index contributed by atoms with van der Waals surface area (Å²) >= 11 is 0. The highest BCUT2D eigenvalue weighted by Crippen LogP contribution is 2.34. The van der Waals surface area contributed by atoms with Crippen LogP contribution in [0.2, 0.25) is 0 Å². The summed E-state index contributed by atoms with van der Waals surface area (Å²) < 4.78 is 5.62. The number of fused-ring (bicyclic) bond motifs is 2. The Balaban J connectivity index is 2.05. The lowest BCUT2D eigenvalue weighted by Gasteiger charge is -2.31. The van der Waals surface area contributed by atoms with Crippen molar-refractivity contribution in [3.8, 4) is 5.75 Å². The molecule has 6 nitrogen and oxygen atoms in total. The van der Waals surface area contributed by atoms with Crippen molar-refractivity contribution in [2.75, 3.05) is 6.54 Å². The highest BCUT2D eigenvalue weighted by molar-refractivity contribution is 5.98. The summed E-state index contributed by atoms with van der Waals surface area (Å²) in [6.45, 7) is 0.694. The summed E-state index contributed by atoms with van der Waals surface area (Å²) in [6.07, 6.45) is 1.44. The molecule has 0 saturated carbocycles. The Labute approximate surface area is 96.9 Å². The molecule has 0 radical (unpaired) electrons. The molecule has 0 bridgehead atoms. The van der Waals surface area contributed by atoms with Crippen LogP contribution in [0.15, 0.2) is 18.2 Å². The summed E-state index contributed by atoms with van der Waals surface area (Å²) in [4.78, 5) is 23.9. The number of hydrogen-bond donors (Lipinski definition) is 0. The molecule has 1 aromatic carbocycles.